The van der Waals surface area contributed by atoms with Crippen LogP contribution >= 0.6 is 0 Å². The molecule has 1 saturated carbocycles. The van der Waals surface area contributed by atoms with Crippen LogP contribution in [-0.2, 0) is 11.2 Å². The quantitative estimate of drug-likeness (QED) is 0.191. The number of hydrogen-bond acceptors (Lipinski definition) is 9. The molecule has 4 N–H and O–H groups in total. The first-order valence-electron chi connectivity index (χ1n) is 17.7. The molecule has 5 heterocycles. The lowest BCUT2D eigenvalue weighted by Gasteiger charge is -2.53. The highest BCUT2D eigenvalue weighted by atomic mass is 16.6. The number of phenols is 1. The second-order valence-corrected chi connectivity index (χ2v) is 15.2. The molecule has 1 saturated heterocycles. The minimum Gasteiger partial charge on any atom is -0.507 e. The zero-order valence-corrected chi connectivity index (χ0v) is 29.2. The lowest BCUT2D eigenvalue weighted by atomic mass is 9.63. The number of aromatic hydroxyl groups is 1. The van der Waals surface area contributed by atoms with Crippen LogP contribution in [0.3, 0.4) is 0 Å². The van der Waals surface area contributed by atoms with Gasteiger partial charge in [-0.05, 0) is 102 Å². The number of phenolic OH excluding ortho intramolecular Hbond substituents is 1. The fraction of sp³-hybridized carbons (Fsp3) is 0.541. The fourth-order valence-electron chi connectivity index (χ4n) is 8.17. The predicted octanol–water partition coefficient (Wildman–Crippen LogP) is 5.80. The highest BCUT2D eigenvalue weighted by Crippen LogP contribution is 2.47. The van der Waals surface area contributed by atoms with E-state index in [9.17, 15) is 14.7 Å². The zero-order chi connectivity index (χ0) is 34.5. The van der Waals surface area contributed by atoms with E-state index in [-0.39, 0.29) is 34.8 Å². The molecule has 1 amide bonds. The molecule has 0 unspecified atom stereocenters. The van der Waals surface area contributed by atoms with Crippen molar-refractivity contribution in [2.45, 2.75) is 96.7 Å². The summed E-state index contributed by atoms with van der Waals surface area (Å²) in [4.78, 5) is 41.8. The minimum absolute atomic E-state index is 0.0602. The van der Waals surface area contributed by atoms with Gasteiger partial charge in [0, 0.05) is 59.5 Å². The number of amides is 1. The van der Waals surface area contributed by atoms with E-state index >= 15 is 0 Å². The van der Waals surface area contributed by atoms with Crippen molar-refractivity contribution in [2.75, 3.05) is 31.1 Å². The van der Waals surface area contributed by atoms with Crippen molar-refractivity contribution in [2.24, 2.45) is 5.41 Å². The SMILES string of the molecule is CCC1(CNC(=O)OC(C)(C)C)CC(N2CCC(c3cnc(N4CCc5[nH]c6nnc(-c7ccccc7O)cc6c5[C@H]4C)[nH]c3=O)CC2)C1. The molecule has 260 valence electrons. The van der Waals surface area contributed by atoms with Crippen LogP contribution in [0.25, 0.3) is 22.3 Å². The molecule has 2 fully saturated rings. The van der Waals surface area contributed by atoms with Gasteiger partial charge in [-0.1, -0.05) is 19.1 Å². The van der Waals surface area contributed by atoms with Gasteiger partial charge in [0.2, 0.25) is 5.95 Å². The Kier molecular flexibility index (Phi) is 8.62. The van der Waals surface area contributed by atoms with Crippen molar-refractivity contribution in [3.05, 3.63) is 63.7 Å². The average Bonchev–Trinajstić information content (AvgIpc) is 3.43. The first-order chi connectivity index (χ1) is 23.4. The number of rotatable bonds is 7. The van der Waals surface area contributed by atoms with E-state index in [0.29, 0.717) is 42.0 Å². The van der Waals surface area contributed by atoms with E-state index in [1.54, 1.807) is 18.3 Å². The summed E-state index contributed by atoms with van der Waals surface area (Å²) in [5, 5.41) is 23.2. The summed E-state index contributed by atoms with van der Waals surface area (Å²) < 4.78 is 5.44. The van der Waals surface area contributed by atoms with Crippen LogP contribution in [0.5, 0.6) is 5.75 Å². The Hall–Kier alpha value is -4.45. The van der Waals surface area contributed by atoms with Gasteiger partial charge in [0.15, 0.2) is 5.65 Å². The van der Waals surface area contributed by atoms with Crippen molar-refractivity contribution in [3.8, 4) is 17.0 Å². The highest BCUT2D eigenvalue weighted by molar-refractivity contribution is 5.86. The van der Waals surface area contributed by atoms with Gasteiger partial charge < -0.3 is 29.9 Å². The normalized spacial score (nSPS) is 23.2. The number of benzene rings is 1. The first kappa shape index (κ1) is 33.1. The predicted molar refractivity (Wildman–Crippen MR) is 189 cm³/mol. The maximum Gasteiger partial charge on any atom is 0.407 e. The number of H-pyrrole nitrogens is 2. The van der Waals surface area contributed by atoms with Crippen LogP contribution < -0.4 is 15.8 Å². The Morgan fingerprint density at radius 2 is 1.88 bits per heavy atom. The molecule has 3 aromatic heterocycles. The number of aromatic nitrogens is 5. The Morgan fingerprint density at radius 3 is 2.57 bits per heavy atom. The molecule has 1 aromatic carbocycles. The van der Waals surface area contributed by atoms with Crippen LogP contribution in [0.2, 0.25) is 0 Å². The standard InChI is InChI=1S/C37H48N8O4/c1-6-37(21-39-35(48)49-36(3,4)5)18-24(19-37)44-14-11-23(12-15-44)27-20-38-34(41-33(27)47)45-16-13-28-31(22(45)2)26-17-29(42-43-32(26)40-28)25-9-7-8-10-30(25)46/h7-10,17,20,22-24,46H,6,11-16,18-19,21H2,1-5H3,(H,39,48)(H,40,43)(H,38,41,47)/t22-,24?,37?/m1/s1. The summed E-state index contributed by atoms with van der Waals surface area (Å²) in [5.41, 5.74) is 4.49. The Bertz CT molecular complexity index is 1900. The number of alkyl carbamates (subject to hydrolysis) is 1. The van der Waals surface area contributed by atoms with Crippen molar-refractivity contribution in [1.29, 1.82) is 0 Å². The lowest BCUT2D eigenvalue weighted by molar-refractivity contribution is -0.0156. The summed E-state index contributed by atoms with van der Waals surface area (Å²) in [6.45, 7) is 13.2. The van der Waals surface area contributed by atoms with E-state index in [2.05, 4.69) is 49.1 Å². The van der Waals surface area contributed by atoms with Crippen LogP contribution in [0.4, 0.5) is 10.7 Å². The van der Waals surface area contributed by atoms with E-state index < -0.39 is 5.60 Å². The summed E-state index contributed by atoms with van der Waals surface area (Å²) in [6, 6.07) is 9.56. The second kappa shape index (κ2) is 12.8. The fourth-order valence-corrected chi connectivity index (χ4v) is 8.17. The smallest absolute Gasteiger partial charge is 0.407 e. The summed E-state index contributed by atoms with van der Waals surface area (Å²) in [6.07, 6.45) is 7.20. The number of aromatic amines is 2. The molecule has 1 aliphatic carbocycles. The third-order valence-corrected chi connectivity index (χ3v) is 11.0. The molecular weight excluding hydrogens is 620 g/mol. The van der Waals surface area contributed by atoms with Gasteiger partial charge in [-0.3, -0.25) is 9.78 Å². The molecule has 12 nitrogen and oxygen atoms in total. The van der Waals surface area contributed by atoms with E-state index in [4.69, 9.17) is 9.72 Å². The van der Waals surface area contributed by atoms with Crippen LogP contribution in [-0.4, -0.2) is 79.1 Å². The van der Waals surface area contributed by atoms with E-state index in [0.717, 1.165) is 73.8 Å². The number of hydrogen-bond donors (Lipinski definition) is 4. The number of fused-ring (bicyclic) bond motifs is 3. The van der Waals surface area contributed by atoms with Crippen LogP contribution in [0.1, 0.15) is 95.5 Å². The van der Waals surface area contributed by atoms with Gasteiger partial charge in [0.05, 0.1) is 11.7 Å². The molecule has 1 atom stereocenters. The number of likely N-dealkylation sites (tertiary alicyclic amines) is 1. The molecule has 3 aliphatic rings. The van der Waals surface area contributed by atoms with Gasteiger partial charge in [-0.2, -0.15) is 0 Å². The molecular formula is C37H48N8O4. The number of anilines is 1. The van der Waals surface area contributed by atoms with Crippen LogP contribution in [0.15, 0.2) is 41.3 Å². The largest absolute Gasteiger partial charge is 0.507 e. The summed E-state index contributed by atoms with van der Waals surface area (Å²) in [5.74, 6) is 0.915. The molecule has 0 radical (unpaired) electrons. The maximum atomic E-state index is 13.5. The Balaban J connectivity index is 0.985. The molecule has 4 aromatic rings. The van der Waals surface area contributed by atoms with Gasteiger partial charge >= 0.3 is 6.09 Å². The number of ether oxygens (including phenoxy) is 1. The number of piperidine rings is 1. The molecule has 2 aliphatic heterocycles. The monoisotopic (exact) mass is 668 g/mol. The number of carbonyl (C=O) groups is 1. The lowest BCUT2D eigenvalue weighted by Crippen LogP contribution is -2.56. The van der Waals surface area contributed by atoms with Gasteiger partial charge in [0.1, 0.15) is 11.4 Å². The molecule has 12 heteroatoms. The second-order valence-electron chi connectivity index (χ2n) is 15.2. The molecule has 0 spiro atoms. The number of nitrogens with zero attached hydrogens (tertiary/aromatic N) is 5. The highest BCUT2D eigenvalue weighted by Gasteiger charge is 2.46. The Labute approximate surface area is 286 Å². The van der Waals surface area contributed by atoms with Gasteiger partial charge in [0.25, 0.3) is 5.56 Å². The van der Waals surface area contributed by atoms with Crippen molar-refractivity contribution in [3.63, 3.8) is 0 Å². The van der Waals surface area contributed by atoms with E-state index in [1.165, 1.54) is 0 Å². The number of para-hydroxylation sites is 1. The number of nitrogens with one attached hydrogen (secondary N) is 3. The van der Waals surface area contributed by atoms with Crippen LogP contribution in [0, 0.1) is 5.41 Å². The van der Waals surface area contributed by atoms with Crippen molar-refractivity contribution in [1.82, 2.24) is 35.4 Å². The molecule has 49 heavy (non-hydrogen) atoms. The third kappa shape index (κ3) is 6.50. The number of carbonyl (C=O) groups excluding carboxylic acids is 1. The molecule has 7 rings (SSSR count). The first-order valence-corrected chi connectivity index (χ1v) is 17.7. The van der Waals surface area contributed by atoms with Gasteiger partial charge in [-0.15, -0.1) is 10.2 Å². The zero-order valence-electron chi connectivity index (χ0n) is 29.2. The average molecular weight is 669 g/mol. The van der Waals surface area contributed by atoms with E-state index in [1.807, 2.05) is 39.0 Å². The minimum atomic E-state index is -0.502. The van der Waals surface area contributed by atoms with Gasteiger partial charge in [-0.25, -0.2) is 9.78 Å². The topological polar surface area (TPSA) is 152 Å². The third-order valence-electron chi connectivity index (χ3n) is 11.0. The van der Waals surface area contributed by atoms with Crippen molar-refractivity contribution < 1.29 is 14.6 Å². The van der Waals surface area contributed by atoms with Crippen molar-refractivity contribution >= 4 is 23.1 Å². The maximum absolute atomic E-state index is 13.5. The Morgan fingerprint density at radius 1 is 1.12 bits per heavy atom. The molecule has 0 bridgehead atoms. The summed E-state index contributed by atoms with van der Waals surface area (Å²) in [7, 11) is 0. The summed E-state index contributed by atoms with van der Waals surface area (Å²) >= 11 is 0.